The van der Waals surface area contributed by atoms with Gasteiger partial charge in [-0.05, 0) is 60.0 Å². The molecule has 2 aromatic heterocycles. The van der Waals surface area contributed by atoms with E-state index in [1.54, 1.807) is 0 Å². The number of hydrogen-bond donors (Lipinski definition) is 1. The van der Waals surface area contributed by atoms with Gasteiger partial charge in [-0.25, -0.2) is 4.98 Å². The molecule has 39 heavy (non-hydrogen) atoms. The minimum absolute atomic E-state index is 0.0240. The molecule has 0 spiro atoms. The molecule has 1 N–H and O–H groups in total. The summed E-state index contributed by atoms with van der Waals surface area (Å²) in [5, 5.41) is 3.03. The van der Waals surface area contributed by atoms with E-state index in [1.807, 2.05) is 86.2 Å². The second-order valence-electron chi connectivity index (χ2n) is 9.81. The molecule has 0 aliphatic carbocycles. The van der Waals surface area contributed by atoms with Gasteiger partial charge >= 0.3 is 0 Å². The van der Waals surface area contributed by atoms with Gasteiger partial charge in [-0.3, -0.25) is 14.8 Å². The van der Waals surface area contributed by atoms with Crippen LogP contribution in [0.1, 0.15) is 18.4 Å². The lowest BCUT2D eigenvalue weighted by molar-refractivity contribution is -0.117. The van der Waals surface area contributed by atoms with Gasteiger partial charge in [0.05, 0.1) is 23.1 Å². The number of anilines is 3. The fourth-order valence-electron chi connectivity index (χ4n) is 4.97. The average molecular weight is 515 g/mol. The zero-order valence-electron chi connectivity index (χ0n) is 21.9. The van der Waals surface area contributed by atoms with Crippen molar-refractivity contribution in [3.05, 3.63) is 109 Å². The molecular formula is C32H30N6O. The molecule has 7 nitrogen and oxygen atoms in total. The first kappa shape index (κ1) is 24.6. The molecule has 1 aliphatic heterocycles. The third-order valence-corrected chi connectivity index (χ3v) is 7.34. The van der Waals surface area contributed by atoms with E-state index in [2.05, 4.69) is 49.4 Å². The molecule has 7 heteroatoms. The number of benzene rings is 3. The summed E-state index contributed by atoms with van der Waals surface area (Å²) >= 11 is 0. The van der Waals surface area contributed by atoms with Crippen LogP contribution in [0.25, 0.3) is 22.2 Å². The second kappa shape index (κ2) is 10.9. The van der Waals surface area contributed by atoms with Crippen LogP contribution >= 0.6 is 0 Å². The van der Waals surface area contributed by atoms with Crippen molar-refractivity contribution in [3.63, 3.8) is 0 Å². The van der Waals surface area contributed by atoms with Crippen molar-refractivity contribution in [3.8, 4) is 11.1 Å². The van der Waals surface area contributed by atoms with Crippen LogP contribution in [-0.2, 0) is 4.79 Å². The normalized spacial score (nSPS) is 14.3. The fraction of sp³-hybridized carbons (Fsp3) is 0.188. The number of aromatic nitrogens is 3. The average Bonchev–Trinajstić information content (AvgIpc) is 3.01. The molecule has 1 amide bonds. The summed E-state index contributed by atoms with van der Waals surface area (Å²) in [6.45, 7) is 5.55. The highest BCUT2D eigenvalue weighted by Gasteiger charge is 2.19. The highest BCUT2D eigenvalue weighted by atomic mass is 16.1. The highest BCUT2D eigenvalue weighted by Crippen LogP contribution is 2.27. The van der Waals surface area contributed by atoms with Crippen molar-refractivity contribution in [1.29, 1.82) is 0 Å². The first-order chi connectivity index (χ1) is 19.1. The third kappa shape index (κ3) is 5.43. The largest absolute Gasteiger partial charge is 0.368 e. The Labute approximate surface area is 228 Å². The van der Waals surface area contributed by atoms with E-state index < -0.39 is 0 Å². The van der Waals surface area contributed by atoms with Gasteiger partial charge < -0.3 is 15.1 Å². The van der Waals surface area contributed by atoms with Crippen LogP contribution in [0.4, 0.5) is 17.2 Å². The van der Waals surface area contributed by atoms with Crippen molar-refractivity contribution in [1.82, 2.24) is 15.0 Å². The van der Waals surface area contributed by atoms with Gasteiger partial charge in [-0.15, -0.1) is 0 Å². The topological polar surface area (TPSA) is 74.2 Å². The van der Waals surface area contributed by atoms with Crippen LogP contribution in [0.15, 0.2) is 104 Å². The molecule has 0 radical (unpaired) electrons. The SMILES string of the molecule is CC(C(=O)Nc1ccc(-c2ccc3ncc(N4CCN(c5ccncc5)CC4)nc3c2)cc1)c1ccccc1. The van der Waals surface area contributed by atoms with Crippen molar-refractivity contribution in [2.45, 2.75) is 12.8 Å². The minimum Gasteiger partial charge on any atom is -0.368 e. The minimum atomic E-state index is -0.224. The Bertz CT molecular complexity index is 1570. The Kier molecular flexibility index (Phi) is 6.87. The van der Waals surface area contributed by atoms with Crippen molar-refractivity contribution < 1.29 is 4.79 Å². The van der Waals surface area contributed by atoms with E-state index in [9.17, 15) is 4.79 Å². The van der Waals surface area contributed by atoms with E-state index >= 15 is 0 Å². The fourth-order valence-corrected chi connectivity index (χ4v) is 4.97. The molecule has 1 aliphatic rings. The van der Waals surface area contributed by atoms with Gasteiger partial charge in [0, 0.05) is 49.9 Å². The smallest absolute Gasteiger partial charge is 0.231 e. The molecule has 194 valence electrons. The van der Waals surface area contributed by atoms with Crippen LogP contribution < -0.4 is 15.1 Å². The van der Waals surface area contributed by atoms with Gasteiger partial charge in [0.1, 0.15) is 5.82 Å². The standard InChI is InChI=1S/C32H30N6O/c1-23(24-5-3-2-4-6-24)32(39)35-27-10-7-25(8-11-27)26-9-12-29-30(21-26)36-31(22-34-29)38-19-17-37(18-20-38)28-13-15-33-16-14-28/h2-16,21-23H,17-20H2,1H3,(H,35,39). The first-order valence-electron chi connectivity index (χ1n) is 13.3. The van der Waals surface area contributed by atoms with Gasteiger partial charge in [-0.2, -0.15) is 0 Å². The summed E-state index contributed by atoms with van der Waals surface area (Å²) < 4.78 is 0. The summed E-state index contributed by atoms with van der Waals surface area (Å²) in [6.07, 6.45) is 5.55. The van der Waals surface area contributed by atoms with E-state index in [4.69, 9.17) is 4.98 Å². The summed E-state index contributed by atoms with van der Waals surface area (Å²) in [5.74, 6) is 0.654. The van der Waals surface area contributed by atoms with Gasteiger partial charge in [0.25, 0.3) is 0 Å². The van der Waals surface area contributed by atoms with Crippen molar-refractivity contribution >= 4 is 34.1 Å². The number of amides is 1. The molecular weight excluding hydrogens is 484 g/mol. The number of nitrogens with one attached hydrogen (secondary N) is 1. The summed E-state index contributed by atoms with van der Waals surface area (Å²) in [7, 11) is 0. The summed E-state index contributed by atoms with van der Waals surface area (Å²) in [6, 6.07) is 28.0. The maximum absolute atomic E-state index is 12.7. The molecule has 0 bridgehead atoms. The van der Waals surface area contributed by atoms with Crippen molar-refractivity contribution in [2.24, 2.45) is 0 Å². The lowest BCUT2D eigenvalue weighted by atomic mass is 10.0. The highest BCUT2D eigenvalue weighted by molar-refractivity contribution is 5.95. The molecule has 1 fully saturated rings. The Morgan fingerprint density at radius 3 is 2.23 bits per heavy atom. The predicted molar refractivity (Wildman–Crippen MR) is 157 cm³/mol. The number of rotatable bonds is 6. The van der Waals surface area contributed by atoms with E-state index in [0.717, 1.165) is 65.4 Å². The van der Waals surface area contributed by atoms with Gasteiger partial charge in [-0.1, -0.05) is 48.5 Å². The monoisotopic (exact) mass is 514 g/mol. The number of piperazine rings is 1. The lowest BCUT2D eigenvalue weighted by Gasteiger charge is -2.36. The summed E-state index contributed by atoms with van der Waals surface area (Å²) in [5.41, 5.74) is 6.85. The van der Waals surface area contributed by atoms with E-state index in [-0.39, 0.29) is 11.8 Å². The predicted octanol–water partition coefficient (Wildman–Crippen LogP) is 5.76. The van der Waals surface area contributed by atoms with E-state index in [0.29, 0.717) is 0 Å². The van der Waals surface area contributed by atoms with Crippen LogP contribution in [0.3, 0.4) is 0 Å². The van der Waals surface area contributed by atoms with Gasteiger partial charge in [0.2, 0.25) is 5.91 Å². The van der Waals surface area contributed by atoms with Crippen molar-refractivity contribution in [2.75, 3.05) is 41.3 Å². The molecule has 3 heterocycles. The number of nitrogens with zero attached hydrogens (tertiary/aromatic N) is 5. The summed E-state index contributed by atoms with van der Waals surface area (Å²) in [4.78, 5) is 31.2. The second-order valence-corrected chi connectivity index (χ2v) is 9.81. The van der Waals surface area contributed by atoms with Crippen LogP contribution in [-0.4, -0.2) is 47.0 Å². The Morgan fingerprint density at radius 1 is 0.795 bits per heavy atom. The Morgan fingerprint density at radius 2 is 1.49 bits per heavy atom. The quantitative estimate of drug-likeness (QED) is 0.311. The van der Waals surface area contributed by atoms with Crippen LogP contribution in [0.2, 0.25) is 0 Å². The number of fused-ring (bicyclic) bond motifs is 1. The van der Waals surface area contributed by atoms with E-state index in [1.165, 1.54) is 5.69 Å². The zero-order chi connectivity index (χ0) is 26.6. The number of pyridine rings is 1. The Balaban J connectivity index is 1.14. The molecule has 5 aromatic rings. The maximum atomic E-state index is 12.7. The Hall–Kier alpha value is -4.78. The van der Waals surface area contributed by atoms with Gasteiger partial charge in [0.15, 0.2) is 0 Å². The number of carbonyl (C=O) groups excluding carboxylic acids is 1. The maximum Gasteiger partial charge on any atom is 0.231 e. The number of carbonyl (C=O) groups is 1. The zero-order valence-corrected chi connectivity index (χ0v) is 21.9. The van der Waals surface area contributed by atoms with Crippen LogP contribution in [0, 0.1) is 0 Å². The third-order valence-electron chi connectivity index (χ3n) is 7.34. The molecule has 1 unspecified atom stereocenters. The molecule has 1 saturated heterocycles. The molecule has 6 rings (SSSR count). The van der Waals surface area contributed by atoms with Crippen LogP contribution in [0.5, 0.6) is 0 Å². The molecule has 1 atom stereocenters. The lowest BCUT2D eigenvalue weighted by Crippen LogP contribution is -2.46. The number of hydrogen-bond acceptors (Lipinski definition) is 6. The molecule has 0 saturated carbocycles. The first-order valence-corrected chi connectivity index (χ1v) is 13.3. The molecule has 3 aromatic carbocycles.